The number of hydrogen-bond donors (Lipinski definition) is 3. The standard InChI is InChI=1S/C11H18N2O3S/c1-17-7-6-9(10(14)15)13-11(16)12-8-4-2-3-5-8/h2-3,8-9H,4-7H2,1H3,(H,14,15)(H2,12,13,16)/t9-/m0/s1. The van der Waals surface area contributed by atoms with Gasteiger partial charge in [0.2, 0.25) is 0 Å². The Labute approximate surface area is 105 Å². The van der Waals surface area contributed by atoms with Gasteiger partial charge in [0.1, 0.15) is 6.04 Å². The quantitative estimate of drug-likeness (QED) is 0.626. The summed E-state index contributed by atoms with van der Waals surface area (Å²) in [6, 6.07) is -1.10. The van der Waals surface area contributed by atoms with E-state index in [1.54, 1.807) is 11.8 Å². The van der Waals surface area contributed by atoms with Crippen molar-refractivity contribution in [3.8, 4) is 0 Å². The van der Waals surface area contributed by atoms with Crippen molar-refractivity contribution in [1.82, 2.24) is 10.6 Å². The third kappa shape index (κ3) is 5.12. The second-order valence-corrected chi connectivity index (χ2v) is 4.92. The van der Waals surface area contributed by atoms with E-state index in [0.717, 1.165) is 12.8 Å². The summed E-state index contributed by atoms with van der Waals surface area (Å²) in [4.78, 5) is 22.5. The molecule has 0 radical (unpaired) electrons. The van der Waals surface area contributed by atoms with E-state index >= 15 is 0 Å². The van der Waals surface area contributed by atoms with Gasteiger partial charge in [-0.25, -0.2) is 9.59 Å². The number of carboxylic acids is 1. The van der Waals surface area contributed by atoms with Crippen LogP contribution in [-0.4, -0.2) is 41.2 Å². The minimum absolute atomic E-state index is 0.102. The average molecular weight is 258 g/mol. The summed E-state index contributed by atoms with van der Waals surface area (Å²) in [5.41, 5.74) is 0. The van der Waals surface area contributed by atoms with Crippen molar-refractivity contribution in [1.29, 1.82) is 0 Å². The first-order chi connectivity index (χ1) is 8.13. The number of amides is 2. The van der Waals surface area contributed by atoms with Crippen LogP contribution in [0.25, 0.3) is 0 Å². The molecule has 0 aliphatic heterocycles. The van der Waals surface area contributed by atoms with Crippen molar-refractivity contribution in [3.05, 3.63) is 12.2 Å². The van der Waals surface area contributed by atoms with Gasteiger partial charge < -0.3 is 15.7 Å². The van der Waals surface area contributed by atoms with Crippen molar-refractivity contribution in [2.24, 2.45) is 0 Å². The molecule has 0 aromatic rings. The van der Waals surface area contributed by atoms with Gasteiger partial charge in [0.05, 0.1) is 0 Å². The van der Waals surface area contributed by atoms with Crippen LogP contribution in [0.15, 0.2) is 12.2 Å². The predicted molar refractivity (Wildman–Crippen MR) is 68.3 cm³/mol. The molecule has 0 saturated heterocycles. The fraction of sp³-hybridized carbons (Fsp3) is 0.636. The second kappa shape index (κ2) is 7.21. The molecule has 0 heterocycles. The summed E-state index contributed by atoms with van der Waals surface area (Å²) < 4.78 is 0. The maximum atomic E-state index is 11.6. The Morgan fingerprint density at radius 2 is 2.12 bits per heavy atom. The number of hydrogen-bond acceptors (Lipinski definition) is 3. The molecule has 1 aliphatic rings. The van der Waals surface area contributed by atoms with E-state index in [9.17, 15) is 9.59 Å². The number of urea groups is 1. The van der Waals surface area contributed by atoms with Gasteiger partial charge in [-0.1, -0.05) is 12.2 Å². The number of rotatable bonds is 6. The molecule has 2 amide bonds. The van der Waals surface area contributed by atoms with Crippen LogP contribution in [0.1, 0.15) is 19.3 Å². The van der Waals surface area contributed by atoms with Gasteiger partial charge in [-0.2, -0.15) is 11.8 Å². The van der Waals surface area contributed by atoms with Crippen LogP contribution in [0.3, 0.4) is 0 Å². The van der Waals surface area contributed by atoms with Gasteiger partial charge in [0, 0.05) is 6.04 Å². The maximum absolute atomic E-state index is 11.6. The van der Waals surface area contributed by atoms with Gasteiger partial charge in [0.25, 0.3) is 0 Å². The maximum Gasteiger partial charge on any atom is 0.326 e. The molecule has 3 N–H and O–H groups in total. The van der Waals surface area contributed by atoms with E-state index in [4.69, 9.17) is 5.11 Å². The first-order valence-electron chi connectivity index (χ1n) is 5.57. The summed E-state index contributed by atoms with van der Waals surface area (Å²) >= 11 is 1.56. The van der Waals surface area contributed by atoms with Crippen LogP contribution in [-0.2, 0) is 4.79 Å². The zero-order valence-corrected chi connectivity index (χ0v) is 10.6. The zero-order valence-electron chi connectivity index (χ0n) is 9.81. The fourth-order valence-corrected chi connectivity index (χ4v) is 2.08. The Balaban J connectivity index is 2.32. The topological polar surface area (TPSA) is 78.4 Å². The summed E-state index contributed by atoms with van der Waals surface area (Å²) in [5, 5.41) is 14.2. The molecule has 1 rings (SSSR count). The minimum atomic E-state index is -0.987. The lowest BCUT2D eigenvalue weighted by atomic mass is 10.2. The molecule has 5 nitrogen and oxygen atoms in total. The Bertz CT molecular complexity index is 299. The van der Waals surface area contributed by atoms with Crippen molar-refractivity contribution >= 4 is 23.8 Å². The van der Waals surface area contributed by atoms with E-state index in [1.807, 2.05) is 18.4 Å². The van der Waals surface area contributed by atoms with Crippen molar-refractivity contribution in [2.75, 3.05) is 12.0 Å². The van der Waals surface area contributed by atoms with E-state index in [2.05, 4.69) is 10.6 Å². The summed E-state index contributed by atoms with van der Waals surface area (Å²) in [7, 11) is 0. The molecular weight excluding hydrogens is 240 g/mol. The number of carbonyl (C=O) groups excluding carboxylic acids is 1. The third-order valence-corrected chi connectivity index (χ3v) is 3.20. The number of nitrogens with one attached hydrogen (secondary N) is 2. The Morgan fingerprint density at radius 1 is 1.47 bits per heavy atom. The molecule has 0 unspecified atom stereocenters. The van der Waals surface area contributed by atoms with Gasteiger partial charge in [-0.05, 0) is 31.3 Å². The van der Waals surface area contributed by atoms with Crippen LogP contribution in [0.5, 0.6) is 0 Å². The minimum Gasteiger partial charge on any atom is -0.480 e. The molecule has 17 heavy (non-hydrogen) atoms. The van der Waals surface area contributed by atoms with Crippen molar-refractivity contribution in [3.63, 3.8) is 0 Å². The molecule has 0 aromatic carbocycles. The highest BCUT2D eigenvalue weighted by Crippen LogP contribution is 2.09. The highest BCUT2D eigenvalue weighted by Gasteiger charge is 2.21. The lowest BCUT2D eigenvalue weighted by molar-refractivity contribution is -0.139. The van der Waals surface area contributed by atoms with Gasteiger partial charge in [-0.15, -0.1) is 0 Å². The fourth-order valence-electron chi connectivity index (χ4n) is 1.61. The third-order valence-electron chi connectivity index (χ3n) is 2.56. The lowest BCUT2D eigenvalue weighted by Crippen LogP contribution is -2.48. The first-order valence-corrected chi connectivity index (χ1v) is 6.96. The average Bonchev–Trinajstić information content (AvgIpc) is 2.76. The SMILES string of the molecule is CSCC[C@H](NC(=O)NC1CC=CC1)C(=O)O. The van der Waals surface area contributed by atoms with Crippen LogP contribution in [0.4, 0.5) is 4.79 Å². The summed E-state index contributed by atoms with van der Waals surface area (Å²) in [5.74, 6) is -0.277. The van der Waals surface area contributed by atoms with E-state index in [-0.39, 0.29) is 6.04 Å². The van der Waals surface area contributed by atoms with Gasteiger partial charge in [-0.3, -0.25) is 0 Å². The molecule has 1 aliphatic carbocycles. The highest BCUT2D eigenvalue weighted by molar-refractivity contribution is 7.98. The molecule has 96 valence electrons. The van der Waals surface area contributed by atoms with Crippen LogP contribution in [0.2, 0.25) is 0 Å². The lowest BCUT2D eigenvalue weighted by Gasteiger charge is -2.17. The number of carboxylic acid groups (broad SMARTS) is 1. The molecule has 0 aromatic heterocycles. The Kier molecular flexibility index (Phi) is 5.90. The molecule has 0 bridgehead atoms. The molecule has 1 atom stereocenters. The van der Waals surface area contributed by atoms with Crippen molar-refractivity contribution in [2.45, 2.75) is 31.3 Å². The normalized spacial score (nSPS) is 16.8. The Morgan fingerprint density at radius 3 is 2.65 bits per heavy atom. The number of thioether (sulfide) groups is 1. The molecule has 0 fully saturated rings. The molecule has 0 saturated carbocycles. The first kappa shape index (κ1) is 13.9. The molecule has 6 heteroatoms. The Hall–Kier alpha value is -1.17. The molecule has 0 spiro atoms. The zero-order chi connectivity index (χ0) is 12.7. The van der Waals surface area contributed by atoms with Gasteiger partial charge in [0.15, 0.2) is 0 Å². The summed E-state index contributed by atoms with van der Waals surface area (Å²) in [6.45, 7) is 0. The van der Waals surface area contributed by atoms with E-state index in [0.29, 0.717) is 12.2 Å². The predicted octanol–water partition coefficient (Wildman–Crippen LogP) is 1.21. The van der Waals surface area contributed by atoms with Crippen LogP contribution in [0, 0.1) is 0 Å². The highest BCUT2D eigenvalue weighted by atomic mass is 32.2. The molecular formula is C11H18N2O3S. The van der Waals surface area contributed by atoms with Gasteiger partial charge >= 0.3 is 12.0 Å². The van der Waals surface area contributed by atoms with Crippen molar-refractivity contribution < 1.29 is 14.7 Å². The van der Waals surface area contributed by atoms with E-state index in [1.165, 1.54) is 0 Å². The monoisotopic (exact) mass is 258 g/mol. The second-order valence-electron chi connectivity index (χ2n) is 3.93. The van der Waals surface area contributed by atoms with Crippen LogP contribution >= 0.6 is 11.8 Å². The summed E-state index contributed by atoms with van der Waals surface area (Å²) in [6.07, 6.45) is 7.99. The largest absolute Gasteiger partial charge is 0.480 e. The van der Waals surface area contributed by atoms with E-state index < -0.39 is 18.0 Å². The van der Waals surface area contributed by atoms with Crippen LogP contribution < -0.4 is 10.6 Å². The smallest absolute Gasteiger partial charge is 0.326 e. The number of aliphatic carboxylic acids is 1. The number of carbonyl (C=O) groups is 2.